The number of aromatic nitrogens is 2. The Morgan fingerprint density at radius 1 is 1.16 bits per heavy atom. The average Bonchev–Trinajstić information content (AvgIpc) is 2.72. The molecule has 3 rings (SSSR count). The van der Waals surface area contributed by atoms with Crippen molar-refractivity contribution in [1.29, 1.82) is 0 Å². The molecule has 12 heteroatoms. The van der Waals surface area contributed by atoms with Crippen molar-refractivity contribution in [2.75, 3.05) is 17.6 Å². The Bertz CT molecular complexity index is 951. The van der Waals surface area contributed by atoms with Gasteiger partial charge in [-0.15, -0.1) is 0 Å². The highest BCUT2D eigenvalue weighted by molar-refractivity contribution is 8.00. The van der Waals surface area contributed by atoms with Crippen LogP contribution in [0.3, 0.4) is 0 Å². The van der Waals surface area contributed by atoms with E-state index in [1.807, 2.05) is 0 Å². The van der Waals surface area contributed by atoms with E-state index in [1.54, 1.807) is 12.1 Å². The fourth-order valence-corrected chi connectivity index (χ4v) is 4.60. The zero-order valence-corrected chi connectivity index (χ0v) is 18.1. The van der Waals surface area contributed by atoms with E-state index in [1.165, 1.54) is 12.1 Å². The number of rotatable bonds is 8. The van der Waals surface area contributed by atoms with E-state index in [0.29, 0.717) is 24.4 Å². The van der Waals surface area contributed by atoms with Crippen molar-refractivity contribution in [1.82, 2.24) is 9.97 Å². The lowest BCUT2D eigenvalue weighted by atomic mass is 9.80. The van der Waals surface area contributed by atoms with Gasteiger partial charge in [-0.05, 0) is 73.9 Å². The van der Waals surface area contributed by atoms with Crippen LogP contribution in [0.5, 0.6) is 0 Å². The van der Waals surface area contributed by atoms with Crippen molar-refractivity contribution in [2.24, 2.45) is 17.6 Å². The standard InChI is InChI=1S/C20H25F3N6O2S/c21-20(22,23)32-16-4-2-1-3-14(16)11-26-19-27-15(17(29(30)31)18(25)28-19)9-12-5-7-13(10-24)8-6-12/h1-4,12-13H,5-11,24H2,(H3,25,26,27,28). The normalized spacial score (nSPS) is 19.0. The predicted molar refractivity (Wildman–Crippen MR) is 117 cm³/mol. The Hall–Kier alpha value is -2.60. The summed E-state index contributed by atoms with van der Waals surface area (Å²) in [6.07, 6.45) is 4.11. The molecule has 1 fully saturated rings. The highest BCUT2D eigenvalue weighted by Gasteiger charge is 2.31. The molecule has 0 bridgehead atoms. The van der Waals surface area contributed by atoms with Crippen molar-refractivity contribution in [2.45, 2.75) is 49.1 Å². The number of halogens is 3. The number of nitrogens with zero attached hydrogens (tertiary/aromatic N) is 3. The van der Waals surface area contributed by atoms with Crippen LogP contribution in [-0.4, -0.2) is 26.9 Å². The Kier molecular flexibility index (Phi) is 7.77. The summed E-state index contributed by atoms with van der Waals surface area (Å²) in [4.78, 5) is 19.3. The number of nitrogen functional groups attached to an aromatic ring is 1. The first-order chi connectivity index (χ1) is 15.2. The van der Waals surface area contributed by atoms with Gasteiger partial charge in [0.15, 0.2) is 0 Å². The van der Waals surface area contributed by atoms with E-state index >= 15 is 0 Å². The van der Waals surface area contributed by atoms with E-state index < -0.39 is 10.4 Å². The van der Waals surface area contributed by atoms with E-state index in [-0.39, 0.29) is 52.3 Å². The number of alkyl halides is 3. The van der Waals surface area contributed by atoms with Gasteiger partial charge >= 0.3 is 11.2 Å². The molecule has 0 spiro atoms. The molecule has 0 saturated heterocycles. The smallest absolute Gasteiger partial charge is 0.378 e. The minimum atomic E-state index is -4.42. The lowest BCUT2D eigenvalue weighted by molar-refractivity contribution is -0.385. The van der Waals surface area contributed by atoms with Crippen molar-refractivity contribution in [3.63, 3.8) is 0 Å². The number of benzene rings is 1. The molecular formula is C20H25F3N6O2S. The van der Waals surface area contributed by atoms with Gasteiger partial charge < -0.3 is 16.8 Å². The summed E-state index contributed by atoms with van der Waals surface area (Å²) in [6, 6.07) is 6.09. The van der Waals surface area contributed by atoms with Crippen LogP contribution < -0.4 is 16.8 Å². The maximum absolute atomic E-state index is 12.8. The summed E-state index contributed by atoms with van der Waals surface area (Å²) in [6.45, 7) is 0.646. The second-order valence-corrected chi connectivity index (χ2v) is 8.93. The average molecular weight is 471 g/mol. The van der Waals surface area contributed by atoms with Crippen LogP contribution in [0.2, 0.25) is 0 Å². The fraction of sp³-hybridized carbons (Fsp3) is 0.500. The zero-order valence-electron chi connectivity index (χ0n) is 17.3. The summed E-state index contributed by atoms with van der Waals surface area (Å²) >= 11 is -0.203. The van der Waals surface area contributed by atoms with Crippen LogP contribution in [0.25, 0.3) is 0 Å². The van der Waals surface area contributed by atoms with Crippen LogP contribution >= 0.6 is 11.8 Å². The molecule has 1 aromatic heterocycles. The second-order valence-electron chi connectivity index (χ2n) is 7.82. The van der Waals surface area contributed by atoms with E-state index in [2.05, 4.69) is 15.3 Å². The van der Waals surface area contributed by atoms with Gasteiger partial charge in [0.2, 0.25) is 11.8 Å². The highest BCUT2D eigenvalue weighted by Crippen LogP contribution is 2.39. The first-order valence-electron chi connectivity index (χ1n) is 10.2. The molecule has 2 aromatic rings. The molecule has 1 saturated carbocycles. The van der Waals surface area contributed by atoms with E-state index in [4.69, 9.17) is 11.5 Å². The quantitative estimate of drug-likeness (QED) is 0.292. The molecule has 0 amide bonds. The second kappa shape index (κ2) is 10.3. The molecule has 0 atom stereocenters. The van der Waals surface area contributed by atoms with Gasteiger partial charge in [-0.1, -0.05) is 18.2 Å². The molecule has 8 nitrogen and oxygen atoms in total. The molecule has 1 heterocycles. The van der Waals surface area contributed by atoms with Crippen molar-refractivity contribution in [3.8, 4) is 0 Å². The van der Waals surface area contributed by atoms with Gasteiger partial charge in [-0.2, -0.15) is 18.2 Å². The third kappa shape index (κ3) is 6.45. The minimum Gasteiger partial charge on any atom is -0.378 e. The van der Waals surface area contributed by atoms with Gasteiger partial charge in [0.1, 0.15) is 5.69 Å². The SMILES string of the molecule is NCC1CCC(Cc2nc(NCc3ccccc3SC(F)(F)F)nc(N)c2[N+](=O)[O-])CC1. The molecule has 0 aliphatic heterocycles. The molecule has 1 aromatic carbocycles. The van der Waals surface area contributed by atoms with Crippen molar-refractivity contribution >= 4 is 29.2 Å². The van der Waals surface area contributed by atoms with Crippen LogP contribution in [0.1, 0.15) is 36.9 Å². The number of hydrogen-bond donors (Lipinski definition) is 3. The van der Waals surface area contributed by atoms with Crippen LogP contribution in [0, 0.1) is 22.0 Å². The van der Waals surface area contributed by atoms with Gasteiger partial charge in [0, 0.05) is 11.4 Å². The first-order valence-corrected chi connectivity index (χ1v) is 11.1. The summed E-state index contributed by atoms with van der Waals surface area (Å²) in [5.74, 6) is 0.479. The van der Waals surface area contributed by atoms with Gasteiger partial charge in [-0.3, -0.25) is 10.1 Å². The van der Waals surface area contributed by atoms with Crippen molar-refractivity contribution < 1.29 is 18.1 Å². The lowest BCUT2D eigenvalue weighted by Gasteiger charge is -2.27. The third-order valence-electron chi connectivity index (χ3n) is 5.58. The largest absolute Gasteiger partial charge is 0.446 e. The summed E-state index contributed by atoms with van der Waals surface area (Å²) in [5, 5.41) is 14.4. The predicted octanol–water partition coefficient (Wildman–Crippen LogP) is 4.50. The van der Waals surface area contributed by atoms with Crippen molar-refractivity contribution in [3.05, 3.63) is 45.6 Å². The molecular weight excluding hydrogens is 445 g/mol. The van der Waals surface area contributed by atoms with E-state index in [0.717, 1.165) is 25.7 Å². The third-order valence-corrected chi connectivity index (χ3v) is 6.43. The van der Waals surface area contributed by atoms with Crippen LogP contribution in [0.15, 0.2) is 29.2 Å². The number of thioether (sulfide) groups is 1. The highest BCUT2D eigenvalue weighted by atomic mass is 32.2. The van der Waals surface area contributed by atoms with Gasteiger partial charge in [0.25, 0.3) is 0 Å². The summed E-state index contributed by atoms with van der Waals surface area (Å²) in [5.41, 5.74) is 7.49. The Balaban J connectivity index is 1.78. The van der Waals surface area contributed by atoms with Gasteiger partial charge in [-0.25, -0.2) is 4.98 Å². The number of hydrogen-bond acceptors (Lipinski definition) is 8. The summed E-state index contributed by atoms with van der Waals surface area (Å²) < 4.78 is 38.4. The van der Waals surface area contributed by atoms with Gasteiger partial charge in [0.05, 0.1) is 4.92 Å². The number of nitro groups is 1. The van der Waals surface area contributed by atoms with E-state index in [9.17, 15) is 23.3 Å². The maximum atomic E-state index is 12.8. The van der Waals surface area contributed by atoms with Crippen LogP contribution in [-0.2, 0) is 13.0 Å². The molecule has 174 valence electrons. The Labute approximate surface area is 187 Å². The first kappa shape index (κ1) is 24.1. The topological polar surface area (TPSA) is 133 Å². The monoisotopic (exact) mass is 470 g/mol. The number of nitrogens with two attached hydrogens (primary N) is 2. The Morgan fingerprint density at radius 3 is 2.44 bits per heavy atom. The fourth-order valence-electron chi connectivity index (χ4n) is 3.93. The number of nitrogens with one attached hydrogen (secondary N) is 1. The molecule has 0 radical (unpaired) electrons. The van der Waals surface area contributed by atoms with Crippen LogP contribution in [0.4, 0.5) is 30.6 Å². The molecule has 1 aliphatic rings. The summed E-state index contributed by atoms with van der Waals surface area (Å²) in [7, 11) is 0. The molecule has 1 aliphatic carbocycles. The number of anilines is 2. The molecule has 0 unspecified atom stereocenters. The Morgan fingerprint density at radius 2 is 1.81 bits per heavy atom. The molecule has 5 N–H and O–H groups in total. The zero-order chi connectivity index (χ0) is 23.3. The maximum Gasteiger partial charge on any atom is 0.446 e. The lowest BCUT2D eigenvalue weighted by Crippen LogP contribution is -2.23. The minimum absolute atomic E-state index is 0.0115. The molecule has 32 heavy (non-hydrogen) atoms.